The summed E-state index contributed by atoms with van der Waals surface area (Å²) in [6.07, 6.45) is 2.50. The van der Waals surface area contributed by atoms with Gasteiger partial charge < -0.3 is 10.1 Å². The molecule has 4 nitrogen and oxygen atoms in total. The van der Waals surface area contributed by atoms with Crippen molar-refractivity contribution < 1.29 is 9.53 Å². The number of methoxy groups -OCH3 is 1. The molecule has 6 heteroatoms. The van der Waals surface area contributed by atoms with E-state index >= 15 is 0 Å². The van der Waals surface area contributed by atoms with Gasteiger partial charge in [0.2, 0.25) is 0 Å². The van der Waals surface area contributed by atoms with Crippen LogP contribution in [-0.2, 0) is 11.2 Å². The lowest BCUT2D eigenvalue weighted by Gasteiger charge is -2.10. The zero-order valence-corrected chi connectivity index (χ0v) is 14.3. The Balaban J connectivity index is 2.24. The Bertz CT molecular complexity index is 790. The fourth-order valence-electron chi connectivity index (χ4n) is 1.92. The summed E-state index contributed by atoms with van der Waals surface area (Å²) in [5.41, 5.74) is 0.447. The number of aryl methyl sites for hydroxylation is 1. The van der Waals surface area contributed by atoms with Crippen molar-refractivity contribution in [1.29, 1.82) is 5.26 Å². The number of ether oxygens (including phenoxy) is 1. The Labute approximate surface area is 144 Å². The SMILES string of the molecule is CCc1ccc(C=C(C#N)C(=O)Nc2cc(Cl)ccc2OC)s1. The summed E-state index contributed by atoms with van der Waals surface area (Å²) in [4.78, 5) is 14.4. The molecule has 2 rings (SSSR count). The van der Waals surface area contributed by atoms with Gasteiger partial charge in [0.1, 0.15) is 17.4 Å². The van der Waals surface area contributed by atoms with Crippen LogP contribution in [0.2, 0.25) is 5.02 Å². The lowest BCUT2D eigenvalue weighted by atomic mass is 10.2. The molecule has 0 spiro atoms. The zero-order valence-electron chi connectivity index (χ0n) is 12.7. The van der Waals surface area contributed by atoms with E-state index in [1.807, 2.05) is 18.2 Å². The average Bonchev–Trinajstić information content (AvgIpc) is 3.00. The summed E-state index contributed by atoms with van der Waals surface area (Å²) in [6, 6.07) is 10.7. The van der Waals surface area contributed by atoms with Crippen molar-refractivity contribution in [3.63, 3.8) is 0 Å². The number of anilines is 1. The number of rotatable bonds is 5. The highest BCUT2D eigenvalue weighted by Crippen LogP contribution is 2.28. The summed E-state index contributed by atoms with van der Waals surface area (Å²) in [5.74, 6) is -0.0241. The standard InChI is InChI=1S/C17H15ClN2O2S/c1-3-13-5-6-14(23-13)8-11(10-19)17(21)20-15-9-12(18)4-7-16(15)22-2/h4-9H,3H2,1-2H3,(H,20,21). The fraction of sp³-hybridized carbons (Fsp3) is 0.176. The van der Waals surface area contributed by atoms with Gasteiger partial charge >= 0.3 is 0 Å². The van der Waals surface area contributed by atoms with Gasteiger partial charge in [-0.15, -0.1) is 11.3 Å². The van der Waals surface area contributed by atoms with Crippen LogP contribution in [0.4, 0.5) is 5.69 Å². The van der Waals surface area contributed by atoms with E-state index in [9.17, 15) is 10.1 Å². The first kappa shape index (κ1) is 17.1. The van der Waals surface area contributed by atoms with Crippen molar-refractivity contribution in [2.75, 3.05) is 12.4 Å². The molecule has 1 heterocycles. The highest BCUT2D eigenvalue weighted by Gasteiger charge is 2.13. The van der Waals surface area contributed by atoms with E-state index in [-0.39, 0.29) is 5.57 Å². The van der Waals surface area contributed by atoms with Crippen LogP contribution in [0.5, 0.6) is 5.75 Å². The third-order valence-electron chi connectivity index (χ3n) is 3.09. The number of hydrogen-bond acceptors (Lipinski definition) is 4. The predicted molar refractivity (Wildman–Crippen MR) is 93.9 cm³/mol. The molecule has 1 N–H and O–H groups in total. The Hall–Kier alpha value is -2.29. The second kappa shape index (κ2) is 7.82. The van der Waals surface area contributed by atoms with E-state index in [0.29, 0.717) is 16.5 Å². The molecule has 0 saturated heterocycles. The van der Waals surface area contributed by atoms with Gasteiger partial charge in [-0.25, -0.2) is 0 Å². The third kappa shape index (κ3) is 4.35. The smallest absolute Gasteiger partial charge is 0.266 e. The number of nitriles is 1. The minimum Gasteiger partial charge on any atom is -0.495 e. The quantitative estimate of drug-likeness (QED) is 0.639. The third-order valence-corrected chi connectivity index (χ3v) is 4.50. The van der Waals surface area contributed by atoms with Crippen LogP contribution in [0.3, 0.4) is 0 Å². The molecule has 0 aliphatic carbocycles. The van der Waals surface area contributed by atoms with Crippen LogP contribution in [0.15, 0.2) is 35.9 Å². The lowest BCUT2D eigenvalue weighted by Crippen LogP contribution is -2.14. The minimum absolute atomic E-state index is 0.0246. The van der Waals surface area contributed by atoms with Gasteiger partial charge in [0.25, 0.3) is 5.91 Å². The summed E-state index contributed by atoms with van der Waals surface area (Å²) >= 11 is 7.49. The van der Waals surface area contributed by atoms with Crippen molar-refractivity contribution in [3.8, 4) is 11.8 Å². The molecule has 1 aromatic carbocycles. The first-order chi connectivity index (χ1) is 11.1. The molecule has 0 aliphatic heterocycles. The fourth-order valence-corrected chi connectivity index (χ4v) is 2.99. The lowest BCUT2D eigenvalue weighted by molar-refractivity contribution is -0.112. The Morgan fingerprint density at radius 3 is 2.83 bits per heavy atom. The number of halogens is 1. The van der Waals surface area contributed by atoms with Gasteiger partial charge in [-0.1, -0.05) is 18.5 Å². The van der Waals surface area contributed by atoms with Crippen molar-refractivity contribution in [2.24, 2.45) is 0 Å². The molecular formula is C17H15ClN2O2S. The number of carbonyl (C=O) groups is 1. The van der Waals surface area contributed by atoms with Crippen molar-refractivity contribution >= 4 is 40.6 Å². The first-order valence-corrected chi connectivity index (χ1v) is 8.12. The monoisotopic (exact) mass is 346 g/mol. The highest BCUT2D eigenvalue weighted by molar-refractivity contribution is 7.12. The van der Waals surface area contributed by atoms with Gasteiger partial charge in [0, 0.05) is 14.8 Å². The number of nitrogens with zero attached hydrogens (tertiary/aromatic N) is 1. The van der Waals surface area contributed by atoms with Gasteiger partial charge in [-0.2, -0.15) is 5.26 Å². The van der Waals surface area contributed by atoms with Crippen LogP contribution in [0.1, 0.15) is 16.7 Å². The molecule has 23 heavy (non-hydrogen) atoms. The van der Waals surface area contributed by atoms with Gasteiger partial charge in [0.05, 0.1) is 12.8 Å². The average molecular weight is 347 g/mol. The largest absolute Gasteiger partial charge is 0.495 e. The Morgan fingerprint density at radius 2 is 2.22 bits per heavy atom. The highest BCUT2D eigenvalue weighted by atomic mass is 35.5. The van der Waals surface area contributed by atoms with Crippen LogP contribution in [-0.4, -0.2) is 13.0 Å². The van der Waals surface area contributed by atoms with Crippen LogP contribution >= 0.6 is 22.9 Å². The second-order valence-corrected chi connectivity index (χ2v) is 6.26. The van der Waals surface area contributed by atoms with Gasteiger partial charge in [-0.3, -0.25) is 4.79 Å². The molecule has 0 saturated carbocycles. The van der Waals surface area contributed by atoms with Crippen LogP contribution in [0.25, 0.3) is 6.08 Å². The Morgan fingerprint density at radius 1 is 1.43 bits per heavy atom. The topological polar surface area (TPSA) is 62.1 Å². The number of hydrogen-bond donors (Lipinski definition) is 1. The summed E-state index contributed by atoms with van der Waals surface area (Å²) in [5, 5.41) is 12.4. The molecule has 2 aromatic rings. The van der Waals surface area contributed by atoms with E-state index in [1.54, 1.807) is 35.6 Å². The van der Waals surface area contributed by atoms with E-state index in [2.05, 4.69) is 12.2 Å². The molecule has 0 atom stereocenters. The number of nitrogens with one attached hydrogen (secondary N) is 1. The van der Waals surface area contributed by atoms with Gasteiger partial charge in [0.15, 0.2) is 0 Å². The maximum atomic E-state index is 12.3. The van der Waals surface area contributed by atoms with E-state index in [4.69, 9.17) is 16.3 Å². The van der Waals surface area contributed by atoms with E-state index < -0.39 is 5.91 Å². The molecule has 1 aromatic heterocycles. The second-order valence-electron chi connectivity index (χ2n) is 4.63. The maximum absolute atomic E-state index is 12.3. The van der Waals surface area contributed by atoms with Gasteiger partial charge in [-0.05, 0) is 42.8 Å². The first-order valence-electron chi connectivity index (χ1n) is 6.92. The number of benzene rings is 1. The summed E-state index contributed by atoms with van der Waals surface area (Å²) in [6.45, 7) is 2.06. The number of carbonyl (C=O) groups excluding carboxylic acids is 1. The van der Waals surface area contributed by atoms with Crippen molar-refractivity contribution in [3.05, 3.63) is 50.7 Å². The molecule has 0 radical (unpaired) electrons. The molecule has 0 fully saturated rings. The van der Waals surface area contributed by atoms with Crippen LogP contribution < -0.4 is 10.1 Å². The van der Waals surface area contributed by atoms with Crippen molar-refractivity contribution in [1.82, 2.24) is 0 Å². The minimum atomic E-state index is -0.500. The summed E-state index contributed by atoms with van der Waals surface area (Å²) < 4.78 is 5.18. The van der Waals surface area contributed by atoms with E-state index in [1.165, 1.54) is 12.0 Å². The zero-order chi connectivity index (χ0) is 16.8. The maximum Gasteiger partial charge on any atom is 0.266 e. The molecule has 0 aliphatic rings. The molecule has 1 amide bonds. The number of amides is 1. The number of thiophene rings is 1. The normalized spacial score (nSPS) is 11.0. The van der Waals surface area contributed by atoms with E-state index in [0.717, 1.165) is 11.3 Å². The van der Waals surface area contributed by atoms with Crippen molar-refractivity contribution in [2.45, 2.75) is 13.3 Å². The molecule has 0 unspecified atom stereocenters. The Kier molecular flexibility index (Phi) is 5.80. The molecule has 118 valence electrons. The molecular weight excluding hydrogens is 332 g/mol. The predicted octanol–water partition coefficient (Wildman–Crippen LogP) is 4.52. The summed E-state index contributed by atoms with van der Waals surface area (Å²) in [7, 11) is 1.50. The van der Waals surface area contributed by atoms with Crippen LogP contribution in [0, 0.1) is 11.3 Å². The molecule has 0 bridgehead atoms.